The van der Waals surface area contributed by atoms with Crippen LogP contribution in [0.1, 0.15) is 51.0 Å². The zero-order chi connectivity index (χ0) is 21.0. The molecule has 0 spiro atoms. The molecule has 0 fully saturated rings. The van der Waals surface area contributed by atoms with Gasteiger partial charge in [0, 0.05) is 11.4 Å². The number of aromatic nitrogens is 2. The summed E-state index contributed by atoms with van der Waals surface area (Å²) in [6, 6.07) is -0.492. The Morgan fingerprint density at radius 2 is 1.96 bits per heavy atom. The number of carbonyl (C=O) groups is 2. The first kappa shape index (κ1) is 22.6. The van der Waals surface area contributed by atoms with Gasteiger partial charge in [0.2, 0.25) is 5.91 Å². The summed E-state index contributed by atoms with van der Waals surface area (Å²) in [7, 11) is 0. The second-order valence-corrected chi connectivity index (χ2v) is 9.50. The van der Waals surface area contributed by atoms with Gasteiger partial charge in [-0.05, 0) is 38.7 Å². The molecule has 0 aromatic carbocycles. The summed E-state index contributed by atoms with van der Waals surface area (Å²) in [6.07, 6.45) is 1.83. The third-order valence-electron chi connectivity index (χ3n) is 4.74. The first-order valence-electron chi connectivity index (χ1n) is 9.60. The van der Waals surface area contributed by atoms with Crippen LogP contribution in [0.15, 0.2) is 9.95 Å². The quantitative estimate of drug-likeness (QED) is 0.491. The van der Waals surface area contributed by atoms with Crippen LogP contribution in [-0.4, -0.2) is 33.0 Å². The molecule has 6 nitrogen and oxygen atoms in total. The number of aryl methyl sites for hydroxylation is 2. The van der Waals surface area contributed by atoms with Crippen molar-refractivity contribution >= 4 is 45.0 Å². The van der Waals surface area contributed by atoms with Gasteiger partial charge in [-0.25, -0.2) is 4.98 Å². The van der Waals surface area contributed by atoms with Gasteiger partial charge in [0.15, 0.2) is 10.9 Å². The summed E-state index contributed by atoms with van der Waals surface area (Å²) < 4.78 is 1.69. The first-order valence-corrected chi connectivity index (χ1v) is 11.4. The molecular weight excluding hydrogens is 394 g/mol. The highest BCUT2D eigenvalue weighted by atomic mass is 32.2. The number of hydrogen-bond acceptors (Lipinski definition) is 6. The number of amides is 1. The number of nitrogens with one attached hydrogen (secondary N) is 1. The highest BCUT2D eigenvalue weighted by Crippen LogP contribution is 2.28. The summed E-state index contributed by atoms with van der Waals surface area (Å²) in [5.41, 5.74) is 0.949. The number of thioether (sulfide) groups is 1. The molecule has 1 amide bonds. The van der Waals surface area contributed by atoms with E-state index < -0.39 is 6.04 Å². The van der Waals surface area contributed by atoms with Gasteiger partial charge in [0.1, 0.15) is 4.83 Å². The van der Waals surface area contributed by atoms with E-state index in [0.717, 1.165) is 28.1 Å². The van der Waals surface area contributed by atoms with Crippen molar-refractivity contribution in [2.24, 2.45) is 5.92 Å². The number of nitrogens with zero attached hydrogens (tertiary/aromatic N) is 2. The topological polar surface area (TPSA) is 81.1 Å². The number of thiophene rings is 1. The van der Waals surface area contributed by atoms with Crippen LogP contribution in [0.5, 0.6) is 0 Å². The lowest BCUT2D eigenvalue weighted by Gasteiger charge is -2.19. The van der Waals surface area contributed by atoms with E-state index in [9.17, 15) is 14.4 Å². The zero-order valence-corrected chi connectivity index (χ0v) is 19.1. The minimum absolute atomic E-state index is 0.0285. The second kappa shape index (κ2) is 9.69. The Morgan fingerprint density at radius 1 is 1.29 bits per heavy atom. The molecule has 2 heterocycles. The lowest BCUT2D eigenvalue weighted by molar-refractivity contribution is -0.126. The molecule has 8 heteroatoms. The maximum absolute atomic E-state index is 13.1. The smallest absolute Gasteiger partial charge is 0.263 e. The fourth-order valence-corrected chi connectivity index (χ4v) is 4.92. The number of ketones is 1. The van der Waals surface area contributed by atoms with Gasteiger partial charge >= 0.3 is 0 Å². The van der Waals surface area contributed by atoms with Gasteiger partial charge < -0.3 is 5.32 Å². The van der Waals surface area contributed by atoms with Crippen molar-refractivity contribution in [2.45, 2.75) is 72.1 Å². The largest absolute Gasteiger partial charge is 0.345 e. The standard InChI is InChI=1S/C20H29N3O3S2/c1-7-8-9-23-19(26)16-12(4)14(6)28-18(16)22-20(23)27-10-15(25)21-17(11(2)3)13(5)24/h11,17H,7-10H2,1-6H3,(H,21,25). The van der Waals surface area contributed by atoms with E-state index in [1.54, 1.807) is 4.57 Å². The van der Waals surface area contributed by atoms with E-state index >= 15 is 0 Å². The molecule has 0 bridgehead atoms. The lowest BCUT2D eigenvalue weighted by Crippen LogP contribution is -2.44. The predicted molar refractivity (Wildman–Crippen MR) is 116 cm³/mol. The number of Topliss-reactive ketones (excluding diaryl/α,β-unsaturated/α-hetero) is 1. The Hall–Kier alpha value is -1.67. The summed E-state index contributed by atoms with van der Waals surface area (Å²) in [4.78, 5) is 43.6. The van der Waals surface area contributed by atoms with Gasteiger partial charge in [0.05, 0.1) is 17.2 Å². The number of unbranched alkanes of at least 4 members (excludes halogenated alkanes) is 1. The van der Waals surface area contributed by atoms with Gasteiger partial charge in [0.25, 0.3) is 5.56 Å². The fraction of sp³-hybridized carbons (Fsp3) is 0.600. The highest BCUT2D eigenvalue weighted by Gasteiger charge is 2.22. The Morgan fingerprint density at radius 3 is 2.54 bits per heavy atom. The molecule has 2 rings (SSSR count). The van der Waals surface area contributed by atoms with Crippen LogP contribution in [0.4, 0.5) is 0 Å². The molecule has 0 saturated carbocycles. The van der Waals surface area contributed by atoms with Gasteiger partial charge in [-0.1, -0.05) is 39.0 Å². The molecule has 28 heavy (non-hydrogen) atoms. The Labute approximate surface area is 174 Å². The lowest BCUT2D eigenvalue weighted by atomic mass is 10.0. The number of fused-ring (bicyclic) bond motifs is 1. The van der Waals surface area contributed by atoms with E-state index in [2.05, 4.69) is 17.2 Å². The molecule has 0 aliphatic carbocycles. The number of carbonyl (C=O) groups excluding carboxylic acids is 2. The van der Waals surface area contributed by atoms with Crippen LogP contribution in [0.2, 0.25) is 0 Å². The van der Waals surface area contributed by atoms with E-state index in [1.165, 1.54) is 30.0 Å². The van der Waals surface area contributed by atoms with E-state index in [-0.39, 0.29) is 28.9 Å². The van der Waals surface area contributed by atoms with Gasteiger partial charge in [-0.3, -0.25) is 19.0 Å². The van der Waals surface area contributed by atoms with Crippen LogP contribution in [-0.2, 0) is 16.1 Å². The first-order chi connectivity index (χ1) is 13.2. The molecule has 154 valence electrons. The average Bonchev–Trinajstić information content (AvgIpc) is 2.90. The summed E-state index contributed by atoms with van der Waals surface area (Å²) in [5, 5.41) is 4.04. The van der Waals surface area contributed by atoms with Gasteiger partial charge in [-0.15, -0.1) is 11.3 Å². The van der Waals surface area contributed by atoms with Crippen LogP contribution < -0.4 is 10.9 Å². The monoisotopic (exact) mass is 423 g/mol. The molecule has 2 aromatic heterocycles. The molecule has 1 N–H and O–H groups in total. The summed E-state index contributed by atoms with van der Waals surface area (Å²) >= 11 is 2.76. The highest BCUT2D eigenvalue weighted by molar-refractivity contribution is 7.99. The predicted octanol–water partition coefficient (Wildman–Crippen LogP) is 3.70. The van der Waals surface area contributed by atoms with E-state index in [4.69, 9.17) is 0 Å². The minimum Gasteiger partial charge on any atom is -0.345 e. The van der Waals surface area contributed by atoms with E-state index in [1.807, 2.05) is 27.7 Å². The molecule has 0 aliphatic heterocycles. The average molecular weight is 424 g/mol. The fourth-order valence-electron chi connectivity index (χ4n) is 3.02. The maximum Gasteiger partial charge on any atom is 0.263 e. The van der Waals surface area contributed by atoms with Crippen LogP contribution in [0.3, 0.4) is 0 Å². The molecule has 1 atom stereocenters. The molecule has 2 aromatic rings. The molecule has 0 saturated heterocycles. The van der Waals surface area contributed by atoms with Crippen LogP contribution in [0, 0.1) is 19.8 Å². The van der Waals surface area contributed by atoms with Crippen molar-refractivity contribution in [2.75, 3.05) is 5.75 Å². The second-order valence-electron chi connectivity index (χ2n) is 7.36. The van der Waals surface area contributed by atoms with Crippen LogP contribution in [0.25, 0.3) is 10.2 Å². The minimum atomic E-state index is -0.492. The van der Waals surface area contributed by atoms with Crippen molar-refractivity contribution in [1.29, 1.82) is 0 Å². The summed E-state index contributed by atoms with van der Waals surface area (Å²) in [6.45, 7) is 11.9. The van der Waals surface area contributed by atoms with Crippen molar-refractivity contribution < 1.29 is 9.59 Å². The number of rotatable bonds is 9. The molecule has 0 radical (unpaired) electrons. The molecule has 0 aliphatic rings. The molecule has 1 unspecified atom stereocenters. The van der Waals surface area contributed by atoms with Crippen LogP contribution >= 0.6 is 23.1 Å². The third kappa shape index (κ3) is 5.03. The maximum atomic E-state index is 13.1. The van der Waals surface area contributed by atoms with Gasteiger partial charge in [-0.2, -0.15) is 0 Å². The zero-order valence-electron chi connectivity index (χ0n) is 17.4. The SMILES string of the molecule is CCCCn1c(SCC(=O)NC(C(C)=O)C(C)C)nc2sc(C)c(C)c2c1=O. The Bertz CT molecular complexity index is 931. The normalized spacial score (nSPS) is 12.5. The molecular formula is C20H29N3O3S2. The van der Waals surface area contributed by atoms with Crippen molar-refractivity contribution in [3.05, 3.63) is 20.8 Å². The Kier molecular flexibility index (Phi) is 7.83. The Balaban J connectivity index is 2.29. The van der Waals surface area contributed by atoms with Crippen molar-refractivity contribution in [3.8, 4) is 0 Å². The van der Waals surface area contributed by atoms with Crippen molar-refractivity contribution in [3.63, 3.8) is 0 Å². The third-order valence-corrected chi connectivity index (χ3v) is 6.82. The summed E-state index contributed by atoms with van der Waals surface area (Å²) in [5.74, 6) is -0.143. The van der Waals surface area contributed by atoms with Crippen molar-refractivity contribution in [1.82, 2.24) is 14.9 Å². The number of hydrogen-bond donors (Lipinski definition) is 1. The van der Waals surface area contributed by atoms with E-state index in [0.29, 0.717) is 17.1 Å².